The average molecular weight is 331 g/mol. The van der Waals surface area contributed by atoms with Gasteiger partial charge in [-0.1, -0.05) is 0 Å². The van der Waals surface area contributed by atoms with Crippen molar-refractivity contribution in [2.24, 2.45) is 0 Å². The molecule has 1 aromatic heterocycles. The summed E-state index contributed by atoms with van der Waals surface area (Å²) in [6.07, 6.45) is -3.22. The van der Waals surface area contributed by atoms with Crippen LogP contribution in [-0.4, -0.2) is 64.6 Å². The molecule has 0 amide bonds. The van der Waals surface area contributed by atoms with E-state index in [1.807, 2.05) is 0 Å². The summed E-state index contributed by atoms with van der Waals surface area (Å²) >= 11 is 0. The topological polar surface area (TPSA) is 113 Å². The van der Waals surface area contributed by atoms with Gasteiger partial charge in [-0.2, -0.15) is 22.6 Å². The van der Waals surface area contributed by atoms with Crippen LogP contribution >= 0.6 is 0 Å². The van der Waals surface area contributed by atoms with Crippen molar-refractivity contribution >= 4 is 16.0 Å². The first-order valence-electron chi connectivity index (χ1n) is 5.48. The van der Waals surface area contributed by atoms with Gasteiger partial charge < -0.3 is 10.2 Å². The highest BCUT2D eigenvalue weighted by Gasteiger charge is 2.37. The smallest absolute Gasteiger partial charge is 0.402 e. The summed E-state index contributed by atoms with van der Waals surface area (Å²) in [5.41, 5.74) is 0. The van der Waals surface area contributed by atoms with Crippen LogP contribution in [0, 0.1) is 0 Å². The van der Waals surface area contributed by atoms with Crippen molar-refractivity contribution in [3.8, 4) is 0 Å². The maximum absolute atomic E-state index is 12.4. The second-order valence-corrected chi connectivity index (χ2v) is 5.88. The summed E-state index contributed by atoms with van der Waals surface area (Å²) in [7, 11) is -4.53. The molecule has 0 fully saturated rings. The number of aliphatic hydroxyl groups is 1. The van der Waals surface area contributed by atoms with Gasteiger partial charge in [-0.3, -0.25) is 9.48 Å². The van der Waals surface area contributed by atoms with Crippen molar-refractivity contribution in [1.82, 2.24) is 14.1 Å². The molecule has 0 atom stereocenters. The predicted octanol–water partition coefficient (Wildman–Crippen LogP) is -0.487. The van der Waals surface area contributed by atoms with E-state index in [4.69, 9.17) is 10.2 Å². The van der Waals surface area contributed by atoms with Gasteiger partial charge in [-0.05, 0) is 0 Å². The highest BCUT2D eigenvalue weighted by Crippen LogP contribution is 2.22. The minimum absolute atomic E-state index is 0.0507. The molecule has 0 aliphatic heterocycles. The number of halogens is 3. The molecule has 0 aromatic carbocycles. The first kappa shape index (κ1) is 17.4. The minimum atomic E-state index is -4.78. The summed E-state index contributed by atoms with van der Waals surface area (Å²) in [5, 5.41) is 20.7. The van der Waals surface area contributed by atoms with Crippen LogP contribution in [0.1, 0.15) is 0 Å². The van der Waals surface area contributed by atoms with Crippen LogP contribution in [0.5, 0.6) is 0 Å². The number of hydrogen-bond acceptors (Lipinski definition) is 5. The maximum atomic E-state index is 12.4. The number of alkyl halides is 3. The third-order valence-corrected chi connectivity index (χ3v) is 4.05. The summed E-state index contributed by atoms with van der Waals surface area (Å²) < 4.78 is 61.9. The van der Waals surface area contributed by atoms with Gasteiger partial charge in [0.05, 0.1) is 12.8 Å². The number of carbonyl (C=O) groups is 1. The van der Waals surface area contributed by atoms with E-state index in [-0.39, 0.29) is 4.31 Å². The first-order chi connectivity index (χ1) is 9.56. The molecule has 0 unspecified atom stereocenters. The Bertz CT molecular complexity index is 598. The van der Waals surface area contributed by atoms with Gasteiger partial charge in [0, 0.05) is 12.7 Å². The standard InChI is InChI=1S/C9H12F3N3O5S/c10-9(11,12)6-15(1-2-16)21(19,20)7-3-13-14(4-7)5-8(17)18/h3-4,16H,1-2,5-6H2,(H,17,18). The number of sulfonamides is 1. The van der Waals surface area contributed by atoms with E-state index in [0.717, 1.165) is 17.1 Å². The Morgan fingerprint density at radius 3 is 2.52 bits per heavy atom. The zero-order chi connectivity index (χ0) is 16.3. The minimum Gasteiger partial charge on any atom is -0.480 e. The fourth-order valence-corrected chi connectivity index (χ4v) is 2.82. The molecule has 0 saturated carbocycles. The highest BCUT2D eigenvalue weighted by atomic mass is 32.2. The number of aliphatic carboxylic acids is 1. The molecule has 12 heteroatoms. The van der Waals surface area contributed by atoms with Gasteiger partial charge in [-0.15, -0.1) is 0 Å². The van der Waals surface area contributed by atoms with Crippen LogP contribution in [0.4, 0.5) is 13.2 Å². The second-order valence-electron chi connectivity index (χ2n) is 3.94. The Kier molecular flexibility index (Phi) is 5.31. The van der Waals surface area contributed by atoms with Crippen molar-refractivity contribution < 1.29 is 36.6 Å². The van der Waals surface area contributed by atoms with E-state index in [1.165, 1.54) is 0 Å². The summed E-state index contributed by atoms with van der Waals surface area (Å²) in [6.45, 7) is -3.93. The SMILES string of the molecule is O=C(O)Cn1cc(S(=O)(=O)N(CCO)CC(F)(F)F)cn1. The van der Waals surface area contributed by atoms with Crippen LogP contribution in [0.15, 0.2) is 17.3 Å². The molecule has 0 saturated heterocycles. The zero-order valence-corrected chi connectivity index (χ0v) is 11.3. The van der Waals surface area contributed by atoms with Gasteiger partial charge in [0.1, 0.15) is 18.0 Å². The van der Waals surface area contributed by atoms with Crippen molar-refractivity contribution in [2.75, 3.05) is 19.7 Å². The fourth-order valence-electron chi connectivity index (χ4n) is 1.45. The number of carboxylic acid groups (broad SMARTS) is 1. The van der Waals surface area contributed by atoms with Crippen molar-refractivity contribution in [1.29, 1.82) is 0 Å². The van der Waals surface area contributed by atoms with Gasteiger partial charge >= 0.3 is 12.1 Å². The van der Waals surface area contributed by atoms with Gasteiger partial charge in [0.2, 0.25) is 10.0 Å². The van der Waals surface area contributed by atoms with Crippen LogP contribution in [-0.2, 0) is 21.4 Å². The monoisotopic (exact) mass is 331 g/mol. The Hall–Kier alpha value is -1.66. The Labute approximate surface area is 117 Å². The third kappa shape index (κ3) is 4.99. The van der Waals surface area contributed by atoms with Crippen molar-refractivity contribution in [2.45, 2.75) is 17.6 Å². The molecule has 1 rings (SSSR count). The third-order valence-electron chi connectivity index (χ3n) is 2.25. The number of aliphatic hydroxyl groups excluding tert-OH is 1. The molecule has 120 valence electrons. The van der Waals surface area contributed by atoms with Crippen molar-refractivity contribution in [3.63, 3.8) is 0 Å². The quantitative estimate of drug-likeness (QED) is 0.697. The van der Waals surface area contributed by atoms with E-state index in [0.29, 0.717) is 0 Å². The molecular weight excluding hydrogens is 319 g/mol. The Balaban J connectivity index is 3.05. The van der Waals surface area contributed by atoms with Gasteiger partial charge in [-0.25, -0.2) is 8.42 Å². The maximum Gasteiger partial charge on any atom is 0.402 e. The van der Waals surface area contributed by atoms with Crippen molar-refractivity contribution in [3.05, 3.63) is 12.4 Å². The van der Waals surface area contributed by atoms with E-state index in [2.05, 4.69) is 5.10 Å². The number of rotatable bonds is 7. The average Bonchev–Trinajstić information content (AvgIpc) is 2.74. The summed E-state index contributed by atoms with van der Waals surface area (Å²) in [5.74, 6) is -1.29. The molecule has 0 bridgehead atoms. The lowest BCUT2D eigenvalue weighted by Gasteiger charge is -2.21. The van der Waals surface area contributed by atoms with Crippen LogP contribution < -0.4 is 0 Å². The Morgan fingerprint density at radius 1 is 1.43 bits per heavy atom. The van der Waals surface area contributed by atoms with Crippen LogP contribution in [0.3, 0.4) is 0 Å². The molecule has 0 radical (unpaired) electrons. The molecule has 1 aromatic rings. The normalized spacial score (nSPS) is 12.8. The highest BCUT2D eigenvalue weighted by molar-refractivity contribution is 7.89. The number of hydrogen-bond donors (Lipinski definition) is 2. The zero-order valence-electron chi connectivity index (χ0n) is 10.5. The van der Waals surface area contributed by atoms with Gasteiger partial charge in [0.15, 0.2) is 0 Å². The lowest BCUT2D eigenvalue weighted by atomic mass is 10.6. The fraction of sp³-hybridized carbons (Fsp3) is 0.556. The molecule has 8 nitrogen and oxygen atoms in total. The molecule has 2 N–H and O–H groups in total. The van der Waals surface area contributed by atoms with E-state index >= 15 is 0 Å². The first-order valence-corrected chi connectivity index (χ1v) is 6.92. The van der Waals surface area contributed by atoms with Crippen LogP contribution in [0.2, 0.25) is 0 Å². The lowest BCUT2D eigenvalue weighted by Crippen LogP contribution is -2.40. The largest absolute Gasteiger partial charge is 0.480 e. The molecule has 0 spiro atoms. The lowest BCUT2D eigenvalue weighted by molar-refractivity contribution is -0.138. The van der Waals surface area contributed by atoms with Crippen LogP contribution in [0.25, 0.3) is 0 Å². The van der Waals surface area contributed by atoms with E-state index < -0.39 is 53.3 Å². The summed E-state index contributed by atoms with van der Waals surface area (Å²) in [6, 6.07) is 0. The molecular formula is C9H12F3N3O5S. The van der Waals surface area contributed by atoms with Gasteiger partial charge in [0.25, 0.3) is 0 Å². The molecule has 1 heterocycles. The number of nitrogens with zero attached hydrogens (tertiary/aromatic N) is 3. The van der Waals surface area contributed by atoms with E-state index in [9.17, 15) is 26.4 Å². The Morgan fingerprint density at radius 2 is 2.05 bits per heavy atom. The molecule has 0 aliphatic carbocycles. The molecule has 0 aliphatic rings. The van der Waals surface area contributed by atoms with E-state index in [1.54, 1.807) is 0 Å². The summed E-state index contributed by atoms with van der Waals surface area (Å²) in [4.78, 5) is 9.87. The number of aromatic nitrogens is 2. The second kappa shape index (κ2) is 6.41. The number of carboxylic acids is 1. The predicted molar refractivity (Wildman–Crippen MR) is 61.8 cm³/mol. The molecule has 21 heavy (non-hydrogen) atoms.